The number of ether oxygens (including phenoxy) is 1. The molecule has 2 aliphatic heterocycles. The summed E-state index contributed by atoms with van der Waals surface area (Å²) >= 11 is 5.56. The van der Waals surface area contributed by atoms with E-state index in [0.29, 0.717) is 21.8 Å². The zero-order chi connectivity index (χ0) is 20.3. The van der Waals surface area contributed by atoms with E-state index < -0.39 is 29.2 Å². The Balaban J connectivity index is 1.79. The second-order valence-corrected chi connectivity index (χ2v) is 9.70. The summed E-state index contributed by atoms with van der Waals surface area (Å²) in [4.78, 5) is 38.0. The molecule has 0 fully saturated rings. The molecule has 5 rings (SSSR count). The number of aliphatic carboxylic acids is 1. The van der Waals surface area contributed by atoms with Gasteiger partial charge >= 0.3 is 16.8 Å². The Morgan fingerprint density at radius 2 is 1.90 bits per heavy atom. The molecule has 1 N–H and O–H groups in total. The molecular weight excluding hydrogens is 478 g/mol. The third kappa shape index (κ3) is 2.87. The number of benzene rings is 2. The summed E-state index contributed by atoms with van der Waals surface area (Å²) < 4.78 is 7.90. The number of carboxylic acids is 1. The molecule has 0 spiro atoms. The van der Waals surface area contributed by atoms with Crippen molar-refractivity contribution in [3.05, 3.63) is 78.7 Å². The van der Waals surface area contributed by atoms with Gasteiger partial charge in [-0.05, 0) is 35.9 Å². The number of esters is 1. The lowest BCUT2D eigenvalue weighted by molar-refractivity contribution is -0.138. The Kier molecular flexibility index (Phi) is 4.41. The Hall–Kier alpha value is -2.36. The van der Waals surface area contributed by atoms with E-state index in [1.165, 1.54) is 0 Å². The van der Waals surface area contributed by atoms with Crippen LogP contribution in [-0.2, 0) is 9.53 Å². The van der Waals surface area contributed by atoms with E-state index in [9.17, 15) is 19.5 Å². The first-order valence-electron chi connectivity index (χ1n) is 8.67. The Bertz CT molecular complexity index is 1220. The zero-order valence-corrected chi connectivity index (χ0v) is 17.8. The van der Waals surface area contributed by atoms with Gasteiger partial charge in [-0.1, -0.05) is 57.2 Å². The number of thioether (sulfide) groups is 1. The minimum absolute atomic E-state index is 0.202. The maximum absolute atomic E-state index is 12.9. The number of carboxylic acid groups (broad SMARTS) is 1. The van der Waals surface area contributed by atoms with E-state index in [2.05, 4.69) is 15.9 Å². The van der Waals surface area contributed by atoms with Crippen molar-refractivity contribution in [3.63, 3.8) is 0 Å². The van der Waals surface area contributed by atoms with Crippen molar-refractivity contribution in [2.75, 3.05) is 0 Å². The highest BCUT2D eigenvalue weighted by Gasteiger charge is 2.50. The highest BCUT2D eigenvalue weighted by molar-refractivity contribution is 9.10. The van der Waals surface area contributed by atoms with Crippen LogP contribution in [0.3, 0.4) is 0 Å². The van der Waals surface area contributed by atoms with Crippen molar-refractivity contribution in [3.8, 4) is 5.69 Å². The topological polar surface area (TPSA) is 85.6 Å². The Morgan fingerprint density at radius 3 is 2.62 bits per heavy atom. The molecule has 0 saturated carbocycles. The molecular formula is C20H12BrNO5S2. The van der Waals surface area contributed by atoms with Crippen molar-refractivity contribution in [2.24, 2.45) is 0 Å². The van der Waals surface area contributed by atoms with Crippen LogP contribution >= 0.6 is 39.0 Å². The van der Waals surface area contributed by atoms with E-state index >= 15 is 0 Å². The molecule has 2 aromatic carbocycles. The highest BCUT2D eigenvalue weighted by Crippen LogP contribution is 2.51. The predicted molar refractivity (Wildman–Crippen MR) is 112 cm³/mol. The molecule has 3 aromatic rings. The van der Waals surface area contributed by atoms with Crippen LogP contribution in [0.5, 0.6) is 0 Å². The number of hydrogen-bond donors (Lipinski definition) is 1. The number of carbonyl (C=O) groups is 2. The number of nitrogens with zero attached hydrogens (tertiary/aromatic N) is 1. The standard InChI is InChI=1S/C20H12BrNO5S2/c21-9-6-7-11-12(8-9)13-14(27-19(11)25)16(18(23)24)28-17-15(13)29-20(26)22(17)10-4-2-1-3-5-10/h1-8,13-14,16H,(H,23,24)/t13-,14+,16-/m1/s1. The summed E-state index contributed by atoms with van der Waals surface area (Å²) in [5.41, 5.74) is 1.74. The van der Waals surface area contributed by atoms with Gasteiger partial charge in [0.15, 0.2) is 0 Å². The average Bonchev–Trinajstić information content (AvgIpc) is 3.03. The first kappa shape index (κ1) is 18.7. The highest BCUT2D eigenvalue weighted by atomic mass is 79.9. The summed E-state index contributed by atoms with van der Waals surface area (Å²) in [6, 6.07) is 14.3. The molecule has 29 heavy (non-hydrogen) atoms. The summed E-state index contributed by atoms with van der Waals surface area (Å²) in [6.07, 6.45) is -0.887. The minimum atomic E-state index is -1.08. The molecule has 2 aliphatic rings. The maximum atomic E-state index is 12.9. The lowest BCUT2D eigenvalue weighted by Gasteiger charge is -2.39. The summed E-state index contributed by atoms with van der Waals surface area (Å²) in [5, 5.41) is 9.42. The Morgan fingerprint density at radius 1 is 1.14 bits per heavy atom. The zero-order valence-electron chi connectivity index (χ0n) is 14.6. The van der Waals surface area contributed by atoms with Gasteiger partial charge in [0, 0.05) is 4.47 Å². The van der Waals surface area contributed by atoms with Gasteiger partial charge in [0.2, 0.25) is 0 Å². The smallest absolute Gasteiger partial charge is 0.338 e. The van der Waals surface area contributed by atoms with Crippen molar-refractivity contribution < 1.29 is 19.4 Å². The van der Waals surface area contributed by atoms with Crippen LogP contribution in [0.2, 0.25) is 0 Å². The van der Waals surface area contributed by atoms with Gasteiger partial charge in [0.1, 0.15) is 11.4 Å². The van der Waals surface area contributed by atoms with E-state index in [1.54, 1.807) is 16.7 Å². The number of halogens is 1. The molecule has 3 atom stereocenters. The van der Waals surface area contributed by atoms with Crippen LogP contribution in [0.25, 0.3) is 5.69 Å². The van der Waals surface area contributed by atoms with Crippen LogP contribution in [-0.4, -0.2) is 33.0 Å². The number of para-hydroxylation sites is 1. The summed E-state index contributed by atoms with van der Waals surface area (Å²) in [7, 11) is 0. The maximum Gasteiger partial charge on any atom is 0.338 e. The SMILES string of the molecule is O=C1O[C@H]2[C@@H](c3cc(Br)ccc31)c1sc(=O)n(-c3ccccc3)c1S[C@H]2C(=O)O. The summed E-state index contributed by atoms with van der Waals surface area (Å²) in [6.45, 7) is 0. The molecule has 0 amide bonds. The fourth-order valence-electron chi connectivity index (χ4n) is 3.80. The molecule has 0 saturated heterocycles. The van der Waals surface area contributed by atoms with E-state index in [1.807, 2.05) is 36.4 Å². The monoisotopic (exact) mass is 489 g/mol. The van der Waals surface area contributed by atoms with Crippen LogP contribution in [0, 0.1) is 0 Å². The fourth-order valence-corrected chi connectivity index (χ4v) is 6.77. The van der Waals surface area contributed by atoms with Gasteiger partial charge in [-0.2, -0.15) is 0 Å². The number of carbonyl (C=O) groups excluding carboxylic acids is 1. The van der Waals surface area contributed by atoms with E-state index in [-0.39, 0.29) is 4.87 Å². The average molecular weight is 490 g/mol. The van der Waals surface area contributed by atoms with Gasteiger partial charge in [0.25, 0.3) is 0 Å². The molecule has 3 heterocycles. The molecule has 0 aliphatic carbocycles. The first-order chi connectivity index (χ1) is 14.0. The van der Waals surface area contributed by atoms with Gasteiger partial charge < -0.3 is 9.84 Å². The van der Waals surface area contributed by atoms with E-state index in [4.69, 9.17) is 4.74 Å². The quantitative estimate of drug-likeness (QED) is 0.549. The lowest BCUT2D eigenvalue weighted by Crippen LogP contribution is -2.45. The molecule has 146 valence electrons. The fraction of sp³-hybridized carbons (Fsp3) is 0.150. The molecule has 0 unspecified atom stereocenters. The van der Waals surface area contributed by atoms with Gasteiger partial charge in [-0.3, -0.25) is 14.2 Å². The number of rotatable bonds is 2. The van der Waals surface area contributed by atoms with Gasteiger partial charge in [0.05, 0.1) is 27.1 Å². The molecule has 1 aromatic heterocycles. The number of fused-ring (bicyclic) bond motifs is 5. The minimum Gasteiger partial charge on any atom is -0.480 e. The van der Waals surface area contributed by atoms with Crippen LogP contribution in [0.15, 0.2) is 62.8 Å². The van der Waals surface area contributed by atoms with Crippen LogP contribution in [0.4, 0.5) is 0 Å². The van der Waals surface area contributed by atoms with Crippen LogP contribution < -0.4 is 4.87 Å². The van der Waals surface area contributed by atoms with Crippen molar-refractivity contribution >= 4 is 51.0 Å². The molecule has 0 bridgehead atoms. The number of thiazole rings is 1. The third-order valence-corrected chi connectivity index (χ3v) is 8.01. The third-order valence-electron chi connectivity index (χ3n) is 5.01. The van der Waals surface area contributed by atoms with Crippen LogP contribution in [0.1, 0.15) is 26.7 Å². The first-order valence-corrected chi connectivity index (χ1v) is 11.2. The second kappa shape index (κ2) is 6.86. The molecule has 0 radical (unpaired) electrons. The number of aromatic nitrogens is 1. The van der Waals surface area contributed by atoms with Crippen molar-refractivity contribution in [1.82, 2.24) is 4.57 Å². The lowest BCUT2D eigenvalue weighted by atomic mass is 9.84. The Labute approximate surface area is 181 Å². The van der Waals surface area contributed by atoms with Crippen molar-refractivity contribution in [2.45, 2.75) is 22.3 Å². The summed E-state index contributed by atoms with van der Waals surface area (Å²) in [5.74, 6) is -2.14. The largest absolute Gasteiger partial charge is 0.480 e. The van der Waals surface area contributed by atoms with E-state index in [0.717, 1.165) is 32.4 Å². The number of hydrogen-bond acceptors (Lipinski definition) is 6. The second-order valence-electron chi connectivity index (χ2n) is 6.66. The van der Waals surface area contributed by atoms with Gasteiger partial charge in [-0.25, -0.2) is 4.79 Å². The molecule has 9 heteroatoms. The van der Waals surface area contributed by atoms with Crippen molar-refractivity contribution in [1.29, 1.82) is 0 Å². The normalized spacial score (nSPS) is 22.2. The molecule has 6 nitrogen and oxygen atoms in total. The predicted octanol–water partition coefficient (Wildman–Crippen LogP) is 3.89. The van der Waals surface area contributed by atoms with Gasteiger partial charge in [-0.15, -0.1) is 0 Å².